The molecule has 0 aliphatic heterocycles. The average Bonchev–Trinajstić information content (AvgIpc) is 2.52. The van der Waals surface area contributed by atoms with Crippen LogP contribution in [0.4, 0.5) is 11.4 Å². The minimum atomic E-state index is -0.481. The Morgan fingerprint density at radius 2 is 2.00 bits per heavy atom. The van der Waals surface area contributed by atoms with Crippen molar-refractivity contribution in [3.8, 4) is 5.75 Å². The van der Waals surface area contributed by atoms with Crippen molar-refractivity contribution in [3.05, 3.63) is 63.7 Å². The van der Waals surface area contributed by atoms with Crippen molar-refractivity contribution in [1.82, 2.24) is 0 Å². The molecule has 0 fully saturated rings. The Hall–Kier alpha value is -2.64. The minimum Gasteiger partial charge on any atom is -0.488 e. The summed E-state index contributed by atoms with van der Waals surface area (Å²) in [7, 11) is 0. The largest absolute Gasteiger partial charge is 0.488 e. The second-order valence-corrected chi connectivity index (χ2v) is 4.30. The number of nitrogen functional groups attached to an aromatic ring is 1. The summed E-state index contributed by atoms with van der Waals surface area (Å²) in [5.74, 6) is 5.91. The molecule has 0 atom stereocenters. The van der Waals surface area contributed by atoms with E-state index in [2.05, 4.69) is 5.43 Å². The number of ether oxygens (including phenoxy) is 1. The molecule has 0 aromatic heterocycles. The van der Waals surface area contributed by atoms with Crippen molar-refractivity contribution in [2.24, 2.45) is 5.84 Å². The smallest absolute Gasteiger partial charge is 0.269 e. The van der Waals surface area contributed by atoms with E-state index in [1.807, 2.05) is 0 Å². The molecule has 0 saturated carbocycles. The summed E-state index contributed by atoms with van der Waals surface area (Å²) in [4.78, 5) is 10.3. The van der Waals surface area contributed by atoms with Crippen LogP contribution in [0.2, 0.25) is 0 Å². The first-order valence-electron chi connectivity index (χ1n) is 6.21. The van der Waals surface area contributed by atoms with Gasteiger partial charge in [0, 0.05) is 23.3 Å². The molecule has 110 valence electrons. The Morgan fingerprint density at radius 3 is 2.67 bits per heavy atom. The van der Waals surface area contributed by atoms with E-state index in [1.54, 1.807) is 24.3 Å². The molecule has 4 N–H and O–H groups in total. The van der Waals surface area contributed by atoms with Crippen molar-refractivity contribution in [3.63, 3.8) is 0 Å². The lowest BCUT2D eigenvalue weighted by Crippen LogP contribution is -2.11. The third kappa shape index (κ3) is 3.47. The summed E-state index contributed by atoms with van der Waals surface area (Å²) in [5.41, 5.74) is 4.18. The molecule has 2 rings (SSSR count). The molecule has 7 heteroatoms. The van der Waals surface area contributed by atoms with E-state index in [1.165, 1.54) is 18.2 Å². The van der Waals surface area contributed by atoms with Crippen LogP contribution in [-0.2, 0) is 13.2 Å². The van der Waals surface area contributed by atoms with Crippen LogP contribution in [0.1, 0.15) is 11.1 Å². The first kappa shape index (κ1) is 14.8. The van der Waals surface area contributed by atoms with Gasteiger partial charge in [0.1, 0.15) is 12.4 Å². The molecule has 0 radical (unpaired) electrons. The van der Waals surface area contributed by atoms with Gasteiger partial charge < -0.3 is 15.3 Å². The predicted octanol–water partition coefficient (Wildman–Crippen LogP) is 1.95. The number of nitro groups is 1. The SMILES string of the molecule is NNc1ccc([N+](=O)[O-])cc1COc1ccccc1CO. The van der Waals surface area contributed by atoms with Crippen molar-refractivity contribution < 1.29 is 14.8 Å². The Kier molecular flexibility index (Phi) is 4.70. The number of aliphatic hydroxyl groups excluding tert-OH is 1. The van der Waals surface area contributed by atoms with Crippen LogP contribution in [0.5, 0.6) is 5.75 Å². The van der Waals surface area contributed by atoms with Crippen LogP contribution >= 0.6 is 0 Å². The third-order valence-corrected chi connectivity index (χ3v) is 2.98. The third-order valence-electron chi connectivity index (χ3n) is 2.98. The maximum atomic E-state index is 10.8. The number of para-hydroxylation sites is 1. The van der Waals surface area contributed by atoms with Crippen LogP contribution in [0, 0.1) is 10.1 Å². The van der Waals surface area contributed by atoms with E-state index in [9.17, 15) is 15.2 Å². The predicted molar refractivity (Wildman–Crippen MR) is 77.6 cm³/mol. The second-order valence-electron chi connectivity index (χ2n) is 4.30. The molecule has 0 spiro atoms. The fraction of sp³-hybridized carbons (Fsp3) is 0.143. The van der Waals surface area contributed by atoms with E-state index in [4.69, 9.17) is 10.6 Å². The number of nitrogens with zero attached hydrogens (tertiary/aromatic N) is 1. The van der Waals surface area contributed by atoms with Crippen molar-refractivity contribution >= 4 is 11.4 Å². The Labute approximate surface area is 121 Å². The van der Waals surface area contributed by atoms with Crippen molar-refractivity contribution in [2.45, 2.75) is 13.2 Å². The van der Waals surface area contributed by atoms with Crippen LogP contribution < -0.4 is 16.0 Å². The summed E-state index contributed by atoms with van der Waals surface area (Å²) >= 11 is 0. The van der Waals surface area contributed by atoms with Gasteiger partial charge in [0.2, 0.25) is 0 Å². The normalized spacial score (nSPS) is 10.2. The number of hydrogen-bond donors (Lipinski definition) is 3. The first-order chi connectivity index (χ1) is 10.2. The van der Waals surface area contributed by atoms with Gasteiger partial charge in [-0.1, -0.05) is 18.2 Å². The summed E-state index contributed by atoms with van der Waals surface area (Å²) in [6.07, 6.45) is 0. The molecular weight excluding hydrogens is 274 g/mol. The number of non-ortho nitro benzene ring substituents is 1. The molecule has 2 aromatic carbocycles. The molecule has 7 nitrogen and oxygen atoms in total. The van der Waals surface area contributed by atoms with E-state index < -0.39 is 4.92 Å². The molecule has 21 heavy (non-hydrogen) atoms. The summed E-state index contributed by atoms with van der Waals surface area (Å²) in [6.45, 7) is -0.0503. The molecule has 0 saturated heterocycles. The summed E-state index contributed by atoms with van der Waals surface area (Å²) in [5, 5.41) is 20.0. The number of nitrogens with two attached hydrogens (primary N) is 1. The number of hydrogen-bond acceptors (Lipinski definition) is 6. The zero-order valence-electron chi connectivity index (χ0n) is 11.2. The fourth-order valence-electron chi connectivity index (χ4n) is 1.88. The Bertz CT molecular complexity index is 646. The van der Waals surface area contributed by atoms with Crippen LogP contribution in [0.25, 0.3) is 0 Å². The number of anilines is 1. The Balaban J connectivity index is 2.22. The van der Waals surface area contributed by atoms with Crippen molar-refractivity contribution in [1.29, 1.82) is 0 Å². The van der Waals surface area contributed by atoms with Crippen LogP contribution in [0.3, 0.4) is 0 Å². The quantitative estimate of drug-likeness (QED) is 0.426. The summed E-state index contributed by atoms with van der Waals surface area (Å²) < 4.78 is 5.61. The Morgan fingerprint density at radius 1 is 1.24 bits per heavy atom. The van der Waals surface area contributed by atoms with E-state index in [0.29, 0.717) is 22.6 Å². The highest BCUT2D eigenvalue weighted by Gasteiger charge is 2.11. The van der Waals surface area contributed by atoms with Gasteiger partial charge in [-0.05, 0) is 12.1 Å². The van der Waals surface area contributed by atoms with Gasteiger partial charge in [0.15, 0.2) is 0 Å². The van der Waals surface area contributed by atoms with E-state index in [-0.39, 0.29) is 18.9 Å². The number of rotatable bonds is 6. The monoisotopic (exact) mass is 289 g/mol. The number of nitro benzene ring substituents is 1. The molecule has 0 aliphatic rings. The number of hydrazine groups is 1. The molecule has 0 unspecified atom stereocenters. The van der Waals surface area contributed by atoms with Gasteiger partial charge in [-0.25, -0.2) is 0 Å². The molecular formula is C14H15N3O4. The molecule has 0 heterocycles. The van der Waals surface area contributed by atoms with Gasteiger partial charge in [-0.15, -0.1) is 0 Å². The van der Waals surface area contributed by atoms with E-state index in [0.717, 1.165) is 0 Å². The molecule has 2 aromatic rings. The number of benzene rings is 2. The molecule has 0 bridgehead atoms. The lowest BCUT2D eigenvalue weighted by Gasteiger charge is -2.12. The van der Waals surface area contributed by atoms with E-state index >= 15 is 0 Å². The first-order valence-corrected chi connectivity index (χ1v) is 6.21. The van der Waals surface area contributed by atoms with Crippen LogP contribution in [0.15, 0.2) is 42.5 Å². The highest BCUT2D eigenvalue weighted by atomic mass is 16.6. The maximum absolute atomic E-state index is 10.8. The van der Waals surface area contributed by atoms with Gasteiger partial charge in [-0.3, -0.25) is 16.0 Å². The average molecular weight is 289 g/mol. The maximum Gasteiger partial charge on any atom is 0.269 e. The van der Waals surface area contributed by atoms with Crippen LogP contribution in [-0.4, -0.2) is 10.0 Å². The van der Waals surface area contributed by atoms with Gasteiger partial charge >= 0.3 is 0 Å². The topological polar surface area (TPSA) is 111 Å². The number of aliphatic hydroxyl groups is 1. The van der Waals surface area contributed by atoms with Gasteiger partial charge in [0.05, 0.1) is 17.2 Å². The minimum absolute atomic E-state index is 0.0388. The zero-order chi connectivity index (χ0) is 15.2. The lowest BCUT2D eigenvalue weighted by molar-refractivity contribution is -0.384. The highest BCUT2D eigenvalue weighted by Crippen LogP contribution is 2.24. The standard InChI is InChI=1S/C14H15N3O4/c15-16-13-6-5-12(17(19)20)7-11(13)9-21-14-4-2-1-3-10(14)8-18/h1-7,16,18H,8-9,15H2. The summed E-state index contributed by atoms with van der Waals surface area (Å²) in [6, 6.07) is 11.3. The zero-order valence-corrected chi connectivity index (χ0v) is 11.2. The molecule has 0 amide bonds. The van der Waals surface area contributed by atoms with Crippen molar-refractivity contribution in [2.75, 3.05) is 5.43 Å². The van der Waals surface area contributed by atoms with Gasteiger partial charge in [-0.2, -0.15) is 0 Å². The lowest BCUT2D eigenvalue weighted by atomic mass is 10.1. The number of nitrogens with one attached hydrogen (secondary N) is 1. The fourth-order valence-corrected chi connectivity index (χ4v) is 1.88. The van der Waals surface area contributed by atoms with Gasteiger partial charge in [0.25, 0.3) is 5.69 Å². The highest BCUT2D eigenvalue weighted by molar-refractivity contribution is 5.55. The second kappa shape index (κ2) is 6.69. The molecule has 0 aliphatic carbocycles.